The van der Waals surface area contributed by atoms with Gasteiger partial charge in [0, 0.05) is 22.7 Å². The molecule has 2 aromatic carbocycles. The maximum absolute atomic E-state index is 11.0. The van der Waals surface area contributed by atoms with Crippen LogP contribution in [0.4, 0.5) is 0 Å². The molecular weight excluding hydrogens is 281 g/mol. The molecule has 1 N–H and O–H groups in total. The average molecular weight is 290 g/mol. The number of halogens is 2. The van der Waals surface area contributed by atoms with Gasteiger partial charge in [-0.05, 0) is 35.4 Å². The Balaban J connectivity index is 2.18. The van der Waals surface area contributed by atoms with E-state index in [0.29, 0.717) is 15.6 Å². The van der Waals surface area contributed by atoms with Crippen LogP contribution in [0.1, 0.15) is 10.4 Å². The van der Waals surface area contributed by atoms with E-state index in [9.17, 15) is 4.79 Å². The van der Waals surface area contributed by atoms with Crippen LogP contribution in [0.25, 0.3) is 22.0 Å². The lowest BCUT2D eigenvalue weighted by Gasteiger charge is -2.04. The van der Waals surface area contributed by atoms with Crippen molar-refractivity contribution in [1.82, 2.24) is 4.98 Å². The molecule has 0 saturated heterocycles. The minimum absolute atomic E-state index is 0.518. The Morgan fingerprint density at radius 3 is 2.42 bits per heavy atom. The Labute approximate surface area is 120 Å². The lowest BCUT2D eigenvalue weighted by molar-refractivity contribution is 0.112. The molecule has 0 amide bonds. The molecule has 2 nitrogen and oxygen atoms in total. The van der Waals surface area contributed by atoms with Crippen molar-refractivity contribution in [2.45, 2.75) is 0 Å². The Bertz CT molecular complexity index is 777. The third kappa shape index (κ3) is 2.14. The molecule has 19 heavy (non-hydrogen) atoms. The molecule has 0 atom stereocenters. The highest BCUT2D eigenvalue weighted by Gasteiger charge is 2.06. The number of fused-ring (bicyclic) bond motifs is 1. The molecule has 1 heterocycles. The van der Waals surface area contributed by atoms with Crippen molar-refractivity contribution in [2.24, 2.45) is 0 Å². The number of nitrogens with one attached hydrogen (secondary N) is 1. The second kappa shape index (κ2) is 4.72. The van der Waals surface area contributed by atoms with Gasteiger partial charge in [-0.1, -0.05) is 35.3 Å². The summed E-state index contributed by atoms with van der Waals surface area (Å²) in [5, 5.41) is 1.95. The molecule has 0 spiro atoms. The zero-order valence-electron chi connectivity index (χ0n) is 9.78. The fourth-order valence-electron chi connectivity index (χ4n) is 2.09. The molecule has 94 valence electrons. The van der Waals surface area contributed by atoms with Gasteiger partial charge in [-0.25, -0.2) is 0 Å². The summed E-state index contributed by atoms with van der Waals surface area (Å²) in [5.74, 6) is 0. The fourth-order valence-corrected chi connectivity index (χ4v) is 2.39. The van der Waals surface area contributed by atoms with Crippen LogP contribution < -0.4 is 0 Å². The van der Waals surface area contributed by atoms with Crippen molar-refractivity contribution in [3.8, 4) is 11.1 Å². The topological polar surface area (TPSA) is 32.9 Å². The van der Waals surface area contributed by atoms with Gasteiger partial charge < -0.3 is 4.98 Å². The summed E-state index contributed by atoms with van der Waals surface area (Å²) in [6, 6.07) is 11.4. The van der Waals surface area contributed by atoms with Crippen molar-refractivity contribution in [2.75, 3.05) is 0 Å². The first-order valence-electron chi connectivity index (χ1n) is 5.71. The van der Waals surface area contributed by atoms with E-state index in [-0.39, 0.29) is 0 Å². The quantitative estimate of drug-likeness (QED) is 0.665. The molecule has 0 bridgehead atoms. The zero-order valence-corrected chi connectivity index (χ0v) is 11.3. The van der Waals surface area contributed by atoms with Gasteiger partial charge in [0.1, 0.15) is 0 Å². The van der Waals surface area contributed by atoms with E-state index in [1.54, 1.807) is 12.3 Å². The lowest BCUT2D eigenvalue weighted by atomic mass is 10.0. The van der Waals surface area contributed by atoms with Crippen molar-refractivity contribution in [1.29, 1.82) is 0 Å². The van der Waals surface area contributed by atoms with E-state index in [2.05, 4.69) is 4.98 Å². The molecule has 4 heteroatoms. The minimum Gasteiger partial charge on any atom is -0.360 e. The molecule has 0 radical (unpaired) electrons. The first kappa shape index (κ1) is 12.3. The summed E-state index contributed by atoms with van der Waals surface area (Å²) in [6.45, 7) is 0. The molecule has 0 fully saturated rings. The lowest BCUT2D eigenvalue weighted by Crippen LogP contribution is -1.80. The van der Waals surface area contributed by atoms with Crippen molar-refractivity contribution >= 4 is 40.4 Å². The third-order valence-electron chi connectivity index (χ3n) is 3.09. The van der Waals surface area contributed by atoms with Crippen LogP contribution in [-0.2, 0) is 0 Å². The number of aromatic nitrogens is 1. The number of aldehydes is 1. The highest BCUT2D eigenvalue weighted by molar-refractivity contribution is 6.42. The first-order valence-corrected chi connectivity index (χ1v) is 6.46. The van der Waals surface area contributed by atoms with E-state index in [1.807, 2.05) is 30.3 Å². The number of benzene rings is 2. The fraction of sp³-hybridized carbons (Fsp3) is 0. The number of carbonyl (C=O) groups excluding carboxylic acids is 1. The first-order chi connectivity index (χ1) is 9.19. The Morgan fingerprint density at radius 2 is 1.68 bits per heavy atom. The summed E-state index contributed by atoms with van der Waals surface area (Å²) in [6.07, 6.45) is 2.55. The zero-order chi connectivity index (χ0) is 13.4. The van der Waals surface area contributed by atoms with Gasteiger partial charge in [-0.3, -0.25) is 4.79 Å². The Morgan fingerprint density at radius 1 is 0.947 bits per heavy atom. The highest BCUT2D eigenvalue weighted by atomic mass is 35.5. The SMILES string of the molecule is O=Cc1c[nH]c2ccc(-c3ccc(Cl)c(Cl)c3)cc12. The second-order valence-corrected chi connectivity index (χ2v) is 5.07. The third-order valence-corrected chi connectivity index (χ3v) is 3.83. The van der Waals surface area contributed by atoms with Crippen LogP contribution in [0, 0.1) is 0 Å². The predicted octanol–water partition coefficient (Wildman–Crippen LogP) is 4.95. The van der Waals surface area contributed by atoms with E-state index in [0.717, 1.165) is 28.3 Å². The average Bonchev–Trinajstić information content (AvgIpc) is 2.84. The number of H-pyrrole nitrogens is 1. The Hall–Kier alpha value is -1.77. The monoisotopic (exact) mass is 289 g/mol. The van der Waals surface area contributed by atoms with Crippen LogP contribution >= 0.6 is 23.2 Å². The van der Waals surface area contributed by atoms with E-state index in [4.69, 9.17) is 23.2 Å². The molecular formula is C15H9Cl2NO. The Kier molecular flexibility index (Phi) is 3.05. The van der Waals surface area contributed by atoms with Crippen LogP contribution in [0.3, 0.4) is 0 Å². The standard InChI is InChI=1S/C15H9Cl2NO/c16-13-3-1-10(6-14(13)17)9-2-4-15-12(5-9)11(8-19)7-18-15/h1-8,18H. The van der Waals surface area contributed by atoms with Gasteiger partial charge in [0.15, 0.2) is 6.29 Å². The summed E-state index contributed by atoms with van der Waals surface area (Å²) in [7, 11) is 0. The predicted molar refractivity (Wildman–Crippen MR) is 79.1 cm³/mol. The number of carbonyl (C=O) groups is 1. The summed E-state index contributed by atoms with van der Waals surface area (Å²) >= 11 is 11.9. The molecule has 3 aromatic rings. The van der Waals surface area contributed by atoms with Gasteiger partial charge in [0.05, 0.1) is 10.0 Å². The minimum atomic E-state index is 0.518. The number of hydrogen-bond donors (Lipinski definition) is 1. The van der Waals surface area contributed by atoms with E-state index >= 15 is 0 Å². The maximum Gasteiger partial charge on any atom is 0.152 e. The summed E-state index contributed by atoms with van der Waals surface area (Å²) < 4.78 is 0. The number of rotatable bonds is 2. The van der Waals surface area contributed by atoms with Gasteiger partial charge in [-0.2, -0.15) is 0 Å². The van der Waals surface area contributed by atoms with Crippen LogP contribution in [0.2, 0.25) is 10.0 Å². The molecule has 0 unspecified atom stereocenters. The molecule has 0 aliphatic carbocycles. The van der Waals surface area contributed by atoms with Gasteiger partial charge >= 0.3 is 0 Å². The number of hydrogen-bond acceptors (Lipinski definition) is 1. The molecule has 1 aromatic heterocycles. The van der Waals surface area contributed by atoms with Crippen molar-refractivity contribution < 1.29 is 4.79 Å². The molecule has 0 saturated carbocycles. The normalized spacial score (nSPS) is 10.8. The second-order valence-electron chi connectivity index (χ2n) is 4.25. The van der Waals surface area contributed by atoms with Crippen LogP contribution in [-0.4, -0.2) is 11.3 Å². The summed E-state index contributed by atoms with van der Waals surface area (Å²) in [4.78, 5) is 14.0. The van der Waals surface area contributed by atoms with E-state index < -0.39 is 0 Å². The van der Waals surface area contributed by atoms with Gasteiger partial charge in [0.25, 0.3) is 0 Å². The summed E-state index contributed by atoms with van der Waals surface area (Å²) in [5.41, 5.74) is 3.55. The van der Waals surface area contributed by atoms with E-state index in [1.165, 1.54) is 0 Å². The van der Waals surface area contributed by atoms with Crippen LogP contribution in [0.15, 0.2) is 42.6 Å². The molecule has 3 rings (SSSR count). The van der Waals surface area contributed by atoms with Crippen molar-refractivity contribution in [3.63, 3.8) is 0 Å². The highest BCUT2D eigenvalue weighted by Crippen LogP contribution is 2.30. The van der Waals surface area contributed by atoms with Gasteiger partial charge in [-0.15, -0.1) is 0 Å². The largest absolute Gasteiger partial charge is 0.360 e. The van der Waals surface area contributed by atoms with Crippen molar-refractivity contribution in [3.05, 3.63) is 58.2 Å². The molecule has 0 aliphatic heterocycles. The number of aromatic amines is 1. The smallest absolute Gasteiger partial charge is 0.152 e. The maximum atomic E-state index is 11.0. The molecule has 0 aliphatic rings. The van der Waals surface area contributed by atoms with Crippen LogP contribution in [0.5, 0.6) is 0 Å². The van der Waals surface area contributed by atoms with Gasteiger partial charge in [0.2, 0.25) is 0 Å².